The third kappa shape index (κ3) is 10.6. The normalized spacial score (nSPS) is 14.7. The average molecular weight is 660 g/mol. The fourth-order valence-corrected chi connectivity index (χ4v) is 5.79. The second-order valence-corrected chi connectivity index (χ2v) is 12.1. The van der Waals surface area contributed by atoms with E-state index in [2.05, 4.69) is 9.64 Å². The molecule has 1 saturated heterocycles. The first-order chi connectivity index (χ1) is 21.1. The highest BCUT2D eigenvalue weighted by molar-refractivity contribution is 7.90. The zero-order chi connectivity index (χ0) is 32.8. The van der Waals surface area contributed by atoms with E-state index in [0.29, 0.717) is 61.8 Å². The maximum absolute atomic E-state index is 13.1. The van der Waals surface area contributed by atoms with Gasteiger partial charge in [-0.05, 0) is 78.2 Å². The molecular weight excluding hydrogens is 628 g/mol. The Labute approximate surface area is 256 Å². The predicted molar refractivity (Wildman–Crippen MR) is 156 cm³/mol. The molecule has 0 radical (unpaired) electrons. The molecule has 15 heteroatoms. The Morgan fingerprint density at radius 1 is 0.867 bits per heavy atom. The number of sulfonamides is 1. The van der Waals surface area contributed by atoms with Gasteiger partial charge in [-0.25, -0.2) is 13.1 Å². The summed E-state index contributed by atoms with van der Waals surface area (Å²) in [4.78, 5) is 16.4. The van der Waals surface area contributed by atoms with Crippen molar-refractivity contribution in [3.8, 4) is 22.6 Å². The first kappa shape index (κ1) is 33.9. The largest absolute Gasteiger partial charge is 0.573 e. The number of hydrogen-bond donors (Lipinski definition) is 1. The summed E-state index contributed by atoms with van der Waals surface area (Å²) in [5.74, 6) is -2.02. The van der Waals surface area contributed by atoms with Crippen LogP contribution < -0.4 is 19.1 Å². The molecule has 3 aromatic carbocycles. The summed E-state index contributed by atoms with van der Waals surface area (Å²) >= 11 is 0. The van der Waals surface area contributed by atoms with E-state index >= 15 is 0 Å². The number of carbonyl (C=O) groups excluding carboxylic acids is 1. The molecule has 0 aromatic heterocycles. The summed E-state index contributed by atoms with van der Waals surface area (Å²) in [6, 6.07) is 17.5. The minimum Gasteiger partial charge on any atom is -0.494 e. The summed E-state index contributed by atoms with van der Waals surface area (Å²) in [7, 11) is -4.46. The lowest BCUT2D eigenvalue weighted by Gasteiger charge is -2.36. The minimum absolute atomic E-state index is 0.0310. The summed E-state index contributed by atoms with van der Waals surface area (Å²) in [6.45, 7) is 4.89. The van der Waals surface area contributed by atoms with Crippen LogP contribution in [0.5, 0.6) is 11.5 Å². The molecule has 0 aliphatic carbocycles. The lowest BCUT2D eigenvalue weighted by molar-refractivity contribution is -0.274. The van der Waals surface area contributed by atoms with Crippen molar-refractivity contribution in [1.82, 2.24) is 9.62 Å². The van der Waals surface area contributed by atoms with Gasteiger partial charge < -0.3 is 14.4 Å². The molecule has 8 nitrogen and oxygen atoms in total. The molecule has 1 N–H and O–H groups in total. The Bertz CT molecular complexity index is 1570. The van der Waals surface area contributed by atoms with Crippen LogP contribution in [0.3, 0.4) is 0 Å². The number of ether oxygens (including phenoxy) is 2. The smallest absolute Gasteiger partial charge is 0.494 e. The molecule has 1 aliphatic rings. The first-order valence-electron chi connectivity index (χ1n) is 13.9. The number of amides is 1. The molecule has 1 aliphatic heterocycles. The Morgan fingerprint density at radius 2 is 1.53 bits per heavy atom. The Hall–Kier alpha value is -3.98. The third-order valence-electron chi connectivity index (χ3n) is 6.85. The van der Waals surface area contributed by atoms with Crippen LogP contribution in [-0.2, 0) is 16.6 Å². The zero-order valence-corrected chi connectivity index (χ0v) is 24.9. The summed E-state index contributed by atoms with van der Waals surface area (Å²) in [6.07, 6.45) is -11.1. The van der Waals surface area contributed by atoms with Crippen LogP contribution in [0.15, 0.2) is 66.7 Å². The highest BCUT2D eigenvalue weighted by atomic mass is 32.2. The molecule has 4 rings (SSSR count). The summed E-state index contributed by atoms with van der Waals surface area (Å²) in [5, 5.41) is 0. The number of rotatable bonds is 11. The Balaban J connectivity index is 1.39. The van der Waals surface area contributed by atoms with E-state index in [9.17, 15) is 39.6 Å². The van der Waals surface area contributed by atoms with E-state index in [-0.39, 0.29) is 11.3 Å². The second-order valence-electron chi connectivity index (χ2n) is 10.3. The highest BCUT2D eigenvalue weighted by Gasteiger charge is 2.32. The number of hydrogen-bond acceptors (Lipinski definition) is 7. The summed E-state index contributed by atoms with van der Waals surface area (Å²) < 4.78 is 111. The van der Waals surface area contributed by atoms with Gasteiger partial charge in [0.15, 0.2) is 0 Å². The highest BCUT2D eigenvalue weighted by Crippen LogP contribution is 2.32. The van der Waals surface area contributed by atoms with Gasteiger partial charge in [0.25, 0.3) is 5.91 Å². The van der Waals surface area contributed by atoms with Crippen molar-refractivity contribution in [3.05, 3.63) is 77.9 Å². The second kappa shape index (κ2) is 14.0. The molecule has 0 unspecified atom stereocenters. The maximum atomic E-state index is 13.1. The standard InChI is InChI=1S/C30H31F6N3O5S/c1-2-43-26-5-3-4-23(18-26)24-16-21(17-27(19-24)44-30(34,35)36)20-38-11-13-39(14-12-38)25-8-6-22(7-9-25)28(40)37-45(41,42)15-10-29(31,32)33/h3-9,16-19H,2,10-15,20H2,1H3,(H,37,40). The monoisotopic (exact) mass is 659 g/mol. The van der Waals surface area contributed by atoms with Crippen LogP contribution in [0.25, 0.3) is 11.1 Å². The van der Waals surface area contributed by atoms with E-state index in [1.807, 2.05) is 17.9 Å². The Morgan fingerprint density at radius 3 is 2.16 bits per heavy atom. The van der Waals surface area contributed by atoms with E-state index in [4.69, 9.17) is 4.74 Å². The maximum Gasteiger partial charge on any atom is 0.573 e. The number of nitrogens with one attached hydrogen (secondary N) is 1. The van der Waals surface area contributed by atoms with Gasteiger partial charge in [-0.15, -0.1) is 13.2 Å². The molecule has 0 bridgehead atoms. The number of benzene rings is 3. The predicted octanol–water partition coefficient (Wildman–Crippen LogP) is 5.99. The van der Waals surface area contributed by atoms with Crippen molar-refractivity contribution < 1.29 is 49.0 Å². The van der Waals surface area contributed by atoms with Crippen molar-refractivity contribution in [2.75, 3.05) is 43.4 Å². The van der Waals surface area contributed by atoms with Gasteiger partial charge >= 0.3 is 12.5 Å². The van der Waals surface area contributed by atoms with E-state index < -0.39 is 40.6 Å². The van der Waals surface area contributed by atoms with Crippen molar-refractivity contribution >= 4 is 21.6 Å². The molecule has 1 heterocycles. The topological polar surface area (TPSA) is 88.2 Å². The van der Waals surface area contributed by atoms with Crippen LogP contribution in [0, 0.1) is 0 Å². The first-order valence-corrected chi connectivity index (χ1v) is 15.6. The van der Waals surface area contributed by atoms with E-state index in [1.165, 1.54) is 24.3 Å². The zero-order valence-electron chi connectivity index (χ0n) is 24.1. The number of carbonyl (C=O) groups is 1. The minimum atomic E-state index is -4.85. The SMILES string of the molecule is CCOc1cccc(-c2cc(CN3CCN(c4ccc(C(=O)NS(=O)(=O)CCC(F)(F)F)cc4)CC3)cc(OC(F)(F)F)c2)c1. The van der Waals surface area contributed by atoms with Crippen LogP contribution in [0.1, 0.15) is 29.3 Å². The van der Waals surface area contributed by atoms with Gasteiger partial charge in [-0.1, -0.05) is 12.1 Å². The molecule has 3 aromatic rings. The van der Waals surface area contributed by atoms with Gasteiger partial charge in [0, 0.05) is 44.0 Å². The quantitative estimate of drug-likeness (QED) is 0.253. The van der Waals surface area contributed by atoms with Crippen molar-refractivity contribution in [2.24, 2.45) is 0 Å². The van der Waals surface area contributed by atoms with Crippen LogP contribution >= 0.6 is 0 Å². The number of alkyl halides is 6. The van der Waals surface area contributed by atoms with Crippen molar-refractivity contribution in [3.63, 3.8) is 0 Å². The molecule has 0 saturated carbocycles. The van der Waals surface area contributed by atoms with Gasteiger partial charge in [0.05, 0.1) is 18.8 Å². The van der Waals surface area contributed by atoms with Gasteiger partial charge in [-0.2, -0.15) is 13.2 Å². The van der Waals surface area contributed by atoms with E-state index in [0.717, 1.165) is 5.69 Å². The van der Waals surface area contributed by atoms with Crippen LogP contribution in [0.2, 0.25) is 0 Å². The lowest BCUT2D eigenvalue weighted by atomic mass is 10.0. The molecule has 244 valence electrons. The van der Waals surface area contributed by atoms with Crippen LogP contribution in [-0.4, -0.2) is 70.3 Å². The average Bonchev–Trinajstić information content (AvgIpc) is 2.95. The fourth-order valence-electron chi connectivity index (χ4n) is 4.79. The number of anilines is 1. The number of nitrogens with zero attached hydrogens (tertiary/aromatic N) is 2. The molecule has 1 fully saturated rings. The molecule has 0 atom stereocenters. The molecule has 45 heavy (non-hydrogen) atoms. The third-order valence-corrected chi connectivity index (χ3v) is 8.09. The Kier molecular flexibility index (Phi) is 10.5. The van der Waals surface area contributed by atoms with Crippen LogP contribution in [0.4, 0.5) is 32.0 Å². The van der Waals surface area contributed by atoms with Gasteiger partial charge in [0.2, 0.25) is 10.0 Å². The molecular formula is C30H31F6N3O5S. The van der Waals surface area contributed by atoms with Gasteiger partial charge in [0.1, 0.15) is 11.5 Å². The molecule has 0 spiro atoms. The molecule has 1 amide bonds. The van der Waals surface area contributed by atoms with E-state index in [1.54, 1.807) is 41.1 Å². The van der Waals surface area contributed by atoms with Gasteiger partial charge in [-0.3, -0.25) is 9.69 Å². The number of halogens is 6. The van der Waals surface area contributed by atoms with Crippen molar-refractivity contribution in [2.45, 2.75) is 32.4 Å². The fraction of sp³-hybridized carbons (Fsp3) is 0.367. The number of piperazine rings is 1. The lowest BCUT2D eigenvalue weighted by Crippen LogP contribution is -2.46. The van der Waals surface area contributed by atoms with Crippen molar-refractivity contribution in [1.29, 1.82) is 0 Å². The summed E-state index contributed by atoms with van der Waals surface area (Å²) in [5.41, 5.74) is 2.56.